The first-order chi connectivity index (χ1) is 13.6. The van der Waals surface area contributed by atoms with Crippen LogP contribution >= 0.6 is 0 Å². The fraction of sp³-hybridized carbons (Fsp3) is 0.333. The number of carbonyl (C=O) groups excluding carboxylic acids is 1. The molecule has 2 aromatic rings. The van der Waals surface area contributed by atoms with Gasteiger partial charge in [-0.2, -0.15) is 0 Å². The lowest BCUT2D eigenvalue weighted by atomic mass is 10.1. The number of ether oxygens (including phenoxy) is 2. The molecular weight excluding hydrogens is 356 g/mol. The van der Waals surface area contributed by atoms with Crippen LogP contribution in [0.15, 0.2) is 53.5 Å². The fourth-order valence-corrected chi connectivity index (χ4v) is 2.99. The molecule has 28 heavy (non-hydrogen) atoms. The third-order valence-corrected chi connectivity index (χ3v) is 4.48. The molecule has 4 N–H and O–H groups in total. The van der Waals surface area contributed by atoms with Crippen molar-refractivity contribution in [2.24, 2.45) is 10.7 Å². The molecule has 1 atom stereocenters. The molecule has 1 amide bonds. The van der Waals surface area contributed by atoms with E-state index in [1.807, 2.05) is 42.5 Å². The summed E-state index contributed by atoms with van der Waals surface area (Å²) in [4.78, 5) is 16.7. The predicted molar refractivity (Wildman–Crippen MR) is 110 cm³/mol. The maximum absolute atomic E-state index is 12.3. The molecule has 0 radical (unpaired) electrons. The van der Waals surface area contributed by atoms with Gasteiger partial charge in [-0.25, -0.2) is 4.99 Å². The Morgan fingerprint density at radius 3 is 2.93 bits per heavy atom. The minimum Gasteiger partial charge on any atom is -0.497 e. The normalized spacial score (nSPS) is 16.6. The van der Waals surface area contributed by atoms with Gasteiger partial charge in [0, 0.05) is 30.5 Å². The zero-order valence-corrected chi connectivity index (χ0v) is 16.0. The number of hydrogen-bond donors (Lipinski definition) is 3. The van der Waals surface area contributed by atoms with Crippen LogP contribution in [0, 0.1) is 0 Å². The Morgan fingerprint density at radius 2 is 2.14 bits per heavy atom. The van der Waals surface area contributed by atoms with Gasteiger partial charge in [0.15, 0.2) is 5.96 Å². The number of anilines is 1. The highest BCUT2D eigenvalue weighted by Gasteiger charge is 2.16. The summed E-state index contributed by atoms with van der Waals surface area (Å²) in [5.41, 5.74) is 8.26. The number of aliphatic imine (C=N–C) groups is 1. The van der Waals surface area contributed by atoms with Crippen LogP contribution in [0.2, 0.25) is 0 Å². The maximum atomic E-state index is 12.3. The van der Waals surface area contributed by atoms with Crippen molar-refractivity contribution < 1.29 is 14.3 Å². The van der Waals surface area contributed by atoms with E-state index in [1.54, 1.807) is 13.2 Å². The molecule has 1 unspecified atom stereocenters. The highest BCUT2D eigenvalue weighted by molar-refractivity contribution is 5.94. The number of amides is 1. The molecule has 1 saturated heterocycles. The van der Waals surface area contributed by atoms with Gasteiger partial charge in [0.25, 0.3) is 5.91 Å². The van der Waals surface area contributed by atoms with Crippen molar-refractivity contribution in [2.45, 2.75) is 25.5 Å². The molecule has 1 fully saturated rings. The van der Waals surface area contributed by atoms with E-state index in [0.717, 1.165) is 36.4 Å². The van der Waals surface area contributed by atoms with Crippen LogP contribution in [-0.4, -0.2) is 38.2 Å². The van der Waals surface area contributed by atoms with Gasteiger partial charge in [0.2, 0.25) is 0 Å². The first-order valence-electron chi connectivity index (χ1n) is 9.34. The number of carbonyl (C=O) groups is 1. The smallest absolute Gasteiger partial charge is 0.251 e. The van der Waals surface area contributed by atoms with Gasteiger partial charge in [0.05, 0.1) is 19.8 Å². The summed E-state index contributed by atoms with van der Waals surface area (Å²) in [6.07, 6.45) is 2.17. The van der Waals surface area contributed by atoms with Gasteiger partial charge in [-0.05, 0) is 42.7 Å². The second-order valence-electron chi connectivity index (χ2n) is 6.60. The first kappa shape index (κ1) is 19.7. The average Bonchev–Trinajstić information content (AvgIpc) is 3.24. The van der Waals surface area contributed by atoms with E-state index in [-0.39, 0.29) is 12.0 Å². The van der Waals surface area contributed by atoms with Gasteiger partial charge in [-0.3, -0.25) is 4.79 Å². The second-order valence-corrected chi connectivity index (χ2v) is 6.60. The molecule has 7 heteroatoms. The summed E-state index contributed by atoms with van der Waals surface area (Å²) >= 11 is 0. The monoisotopic (exact) mass is 382 g/mol. The minimum atomic E-state index is -0.108. The summed E-state index contributed by atoms with van der Waals surface area (Å²) in [5.74, 6) is 0.921. The Bertz CT molecular complexity index is 832. The van der Waals surface area contributed by atoms with Crippen LogP contribution in [0.25, 0.3) is 0 Å². The van der Waals surface area contributed by atoms with Gasteiger partial charge in [0.1, 0.15) is 5.75 Å². The van der Waals surface area contributed by atoms with E-state index in [4.69, 9.17) is 15.2 Å². The number of nitrogens with zero attached hydrogens (tertiary/aromatic N) is 1. The number of benzene rings is 2. The Labute approximate surface area is 164 Å². The summed E-state index contributed by atoms with van der Waals surface area (Å²) in [6.45, 7) is 1.69. The van der Waals surface area contributed by atoms with Crippen LogP contribution in [0.5, 0.6) is 5.75 Å². The van der Waals surface area contributed by atoms with E-state index < -0.39 is 0 Å². The van der Waals surface area contributed by atoms with Crippen LogP contribution < -0.4 is 21.1 Å². The first-order valence-corrected chi connectivity index (χ1v) is 9.34. The molecule has 1 aliphatic rings. The number of methoxy groups -OCH3 is 1. The van der Waals surface area contributed by atoms with Crippen molar-refractivity contribution in [2.75, 3.05) is 25.6 Å². The summed E-state index contributed by atoms with van der Waals surface area (Å²) in [5, 5.41) is 5.96. The quantitative estimate of drug-likeness (QED) is 0.505. The minimum absolute atomic E-state index is 0.108. The molecule has 1 aliphatic heterocycles. The fourth-order valence-electron chi connectivity index (χ4n) is 2.99. The molecule has 0 spiro atoms. The predicted octanol–water partition coefficient (Wildman–Crippen LogP) is 2.53. The molecule has 0 saturated carbocycles. The van der Waals surface area contributed by atoms with Crippen molar-refractivity contribution in [1.29, 1.82) is 0 Å². The third-order valence-electron chi connectivity index (χ3n) is 4.48. The van der Waals surface area contributed by atoms with Crippen LogP contribution in [0.4, 0.5) is 5.69 Å². The van der Waals surface area contributed by atoms with Crippen LogP contribution in [-0.2, 0) is 11.3 Å². The van der Waals surface area contributed by atoms with Gasteiger partial charge < -0.3 is 25.8 Å². The maximum Gasteiger partial charge on any atom is 0.251 e. The number of nitrogens with two attached hydrogens (primary N) is 1. The van der Waals surface area contributed by atoms with Gasteiger partial charge in [-0.15, -0.1) is 0 Å². The van der Waals surface area contributed by atoms with Crippen molar-refractivity contribution >= 4 is 17.6 Å². The standard InChI is InChI=1S/C21H26N4O3/c1-27-18-8-3-7-17(12-18)25-21(22)24-13-15-5-2-6-16(11-15)20(26)23-14-19-9-4-10-28-19/h2-3,5-8,11-12,19H,4,9-10,13-14H2,1H3,(H,23,26)(H3,22,24,25). The van der Waals surface area contributed by atoms with Crippen molar-refractivity contribution in [3.05, 3.63) is 59.7 Å². The highest BCUT2D eigenvalue weighted by atomic mass is 16.5. The molecule has 7 nitrogen and oxygen atoms in total. The third kappa shape index (κ3) is 5.72. The lowest BCUT2D eigenvalue weighted by Crippen LogP contribution is -2.31. The van der Waals surface area contributed by atoms with Gasteiger partial charge >= 0.3 is 0 Å². The Kier molecular flexibility index (Phi) is 6.86. The summed E-state index contributed by atoms with van der Waals surface area (Å²) < 4.78 is 10.7. The van der Waals surface area contributed by atoms with E-state index >= 15 is 0 Å². The molecule has 0 aliphatic carbocycles. The number of rotatable bonds is 7. The second kappa shape index (κ2) is 9.75. The van der Waals surface area contributed by atoms with E-state index in [1.165, 1.54) is 0 Å². The van der Waals surface area contributed by atoms with E-state index in [0.29, 0.717) is 24.6 Å². The van der Waals surface area contributed by atoms with Crippen molar-refractivity contribution in [3.63, 3.8) is 0 Å². The molecule has 1 heterocycles. The van der Waals surface area contributed by atoms with Crippen molar-refractivity contribution in [1.82, 2.24) is 5.32 Å². The Balaban J connectivity index is 1.55. The lowest BCUT2D eigenvalue weighted by Gasteiger charge is -2.11. The summed E-state index contributed by atoms with van der Waals surface area (Å²) in [7, 11) is 1.61. The number of hydrogen-bond acceptors (Lipinski definition) is 4. The summed E-state index contributed by atoms with van der Waals surface area (Å²) in [6, 6.07) is 14.8. The zero-order valence-electron chi connectivity index (χ0n) is 16.0. The molecule has 0 aromatic heterocycles. The van der Waals surface area contributed by atoms with Crippen LogP contribution in [0.3, 0.4) is 0 Å². The highest BCUT2D eigenvalue weighted by Crippen LogP contribution is 2.16. The molecule has 0 bridgehead atoms. The lowest BCUT2D eigenvalue weighted by molar-refractivity contribution is 0.0857. The van der Waals surface area contributed by atoms with E-state index in [9.17, 15) is 4.79 Å². The molecule has 148 valence electrons. The largest absolute Gasteiger partial charge is 0.497 e. The molecule has 2 aromatic carbocycles. The SMILES string of the molecule is COc1cccc(NC(N)=NCc2cccc(C(=O)NCC3CCCO3)c2)c1. The average molecular weight is 382 g/mol. The molecular formula is C21H26N4O3. The van der Waals surface area contributed by atoms with Crippen molar-refractivity contribution in [3.8, 4) is 5.75 Å². The Morgan fingerprint density at radius 1 is 1.29 bits per heavy atom. The van der Waals surface area contributed by atoms with Gasteiger partial charge in [-0.1, -0.05) is 18.2 Å². The Hall–Kier alpha value is -3.06. The van der Waals surface area contributed by atoms with E-state index in [2.05, 4.69) is 15.6 Å². The zero-order chi connectivity index (χ0) is 19.8. The van der Waals surface area contributed by atoms with Crippen LogP contribution in [0.1, 0.15) is 28.8 Å². The number of nitrogens with one attached hydrogen (secondary N) is 2. The number of guanidine groups is 1. The molecule has 3 rings (SSSR count). The topological polar surface area (TPSA) is 98.0 Å².